The molecule has 0 radical (unpaired) electrons. The van der Waals surface area contributed by atoms with Crippen molar-refractivity contribution in [2.45, 2.75) is 38.0 Å². The largest absolute Gasteiger partial charge is 0.481 e. The molecule has 35 heavy (non-hydrogen) atoms. The van der Waals surface area contributed by atoms with Crippen LogP contribution in [0.4, 0.5) is 4.79 Å². The summed E-state index contributed by atoms with van der Waals surface area (Å²) in [6.07, 6.45) is 3.26. The van der Waals surface area contributed by atoms with Crippen molar-refractivity contribution < 1.29 is 24.2 Å². The molecule has 1 saturated carbocycles. The fraction of sp³-hybridized carbons (Fsp3) is 0.464. The SMILES string of the molecule is O=C(O)CC1CN(C(=O)C2CCCC(CNC(=O)OCC3c4ccccc4-c4ccccc43)C2)C1. The Kier molecular flexibility index (Phi) is 6.75. The van der Waals surface area contributed by atoms with Crippen LogP contribution in [-0.2, 0) is 14.3 Å². The van der Waals surface area contributed by atoms with E-state index in [0.29, 0.717) is 19.6 Å². The molecule has 0 bridgehead atoms. The summed E-state index contributed by atoms with van der Waals surface area (Å²) in [4.78, 5) is 37.9. The van der Waals surface area contributed by atoms with Crippen LogP contribution in [-0.4, -0.2) is 54.2 Å². The van der Waals surface area contributed by atoms with E-state index in [0.717, 1.165) is 25.7 Å². The van der Waals surface area contributed by atoms with Gasteiger partial charge < -0.3 is 20.1 Å². The number of nitrogens with zero attached hydrogens (tertiary/aromatic N) is 1. The Balaban J connectivity index is 1.09. The number of carboxylic acids is 1. The van der Waals surface area contributed by atoms with Gasteiger partial charge in [-0.3, -0.25) is 9.59 Å². The zero-order chi connectivity index (χ0) is 24.4. The number of fused-ring (bicyclic) bond motifs is 3. The van der Waals surface area contributed by atoms with Gasteiger partial charge in [-0.15, -0.1) is 0 Å². The minimum atomic E-state index is -0.806. The van der Waals surface area contributed by atoms with E-state index >= 15 is 0 Å². The average Bonchev–Trinajstić information content (AvgIpc) is 3.17. The summed E-state index contributed by atoms with van der Waals surface area (Å²) in [6, 6.07) is 16.5. The third kappa shape index (κ3) is 5.04. The smallest absolute Gasteiger partial charge is 0.407 e. The van der Waals surface area contributed by atoms with Gasteiger partial charge in [-0.25, -0.2) is 4.79 Å². The summed E-state index contributed by atoms with van der Waals surface area (Å²) in [5.74, 6) is -0.355. The summed E-state index contributed by atoms with van der Waals surface area (Å²) >= 11 is 0. The van der Waals surface area contributed by atoms with Gasteiger partial charge in [0.25, 0.3) is 0 Å². The van der Waals surface area contributed by atoms with Crippen molar-refractivity contribution in [2.24, 2.45) is 17.8 Å². The number of hydrogen-bond donors (Lipinski definition) is 2. The number of carbonyl (C=O) groups is 3. The quantitative estimate of drug-likeness (QED) is 0.622. The van der Waals surface area contributed by atoms with Gasteiger partial charge in [0.2, 0.25) is 5.91 Å². The molecular formula is C28H32N2O5. The van der Waals surface area contributed by atoms with Crippen LogP contribution in [0.5, 0.6) is 0 Å². The third-order valence-electron chi connectivity index (χ3n) is 7.74. The summed E-state index contributed by atoms with van der Waals surface area (Å²) in [7, 11) is 0. The van der Waals surface area contributed by atoms with E-state index < -0.39 is 12.1 Å². The van der Waals surface area contributed by atoms with Crippen LogP contribution in [0.2, 0.25) is 0 Å². The van der Waals surface area contributed by atoms with Crippen LogP contribution in [0.3, 0.4) is 0 Å². The van der Waals surface area contributed by atoms with Gasteiger partial charge in [0.15, 0.2) is 0 Å². The van der Waals surface area contributed by atoms with Crippen molar-refractivity contribution in [2.75, 3.05) is 26.2 Å². The van der Waals surface area contributed by atoms with Crippen molar-refractivity contribution in [3.05, 3.63) is 59.7 Å². The number of hydrogen-bond acceptors (Lipinski definition) is 4. The molecule has 2 amide bonds. The summed E-state index contributed by atoms with van der Waals surface area (Å²) in [5, 5.41) is 11.8. The molecule has 2 N–H and O–H groups in total. The molecule has 2 aliphatic carbocycles. The van der Waals surface area contributed by atoms with Crippen molar-refractivity contribution in [1.29, 1.82) is 0 Å². The number of aliphatic carboxylic acids is 1. The summed E-state index contributed by atoms with van der Waals surface area (Å²) in [5.41, 5.74) is 4.77. The maximum Gasteiger partial charge on any atom is 0.407 e. The van der Waals surface area contributed by atoms with Gasteiger partial charge in [0.1, 0.15) is 6.61 Å². The predicted octanol–water partition coefficient (Wildman–Crippen LogP) is 4.26. The Morgan fingerprint density at radius 2 is 1.60 bits per heavy atom. The molecule has 2 aromatic carbocycles. The van der Waals surface area contributed by atoms with Crippen molar-refractivity contribution in [1.82, 2.24) is 10.2 Å². The first kappa shape index (κ1) is 23.4. The number of amides is 2. The number of likely N-dealkylation sites (tertiary alicyclic amines) is 1. The fourth-order valence-electron chi connectivity index (χ4n) is 5.96. The van der Waals surface area contributed by atoms with E-state index in [2.05, 4.69) is 29.6 Å². The van der Waals surface area contributed by atoms with Gasteiger partial charge in [0, 0.05) is 37.4 Å². The van der Waals surface area contributed by atoms with E-state index in [1.54, 1.807) is 4.90 Å². The zero-order valence-electron chi connectivity index (χ0n) is 19.8. The zero-order valence-corrected chi connectivity index (χ0v) is 19.8. The van der Waals surface area contributed by atoms with E-state index in [9.17, 15) is 14.4 Å². The van der Waals surface area contributed by atoms with Crippen LogP contribution < -0.4 is 5.32 Å². The first-order valence-electron chi connectivity index (χ1n) is 12.6. The lowest BCUT2D eigenvalue weighted by atomic mass is 9.79. The minimum absolute atomic E-state index is 0.0336. The van der Waals surface area contributed by atoms with Crippen LogP contribution in [0, 0.1) is 17.8 Å². The van der Waals surface area contributed by atoms with Gasteiger partial charge in [0.05, 0.1) is 6.42 Å². The van der Waals surface area contributed by atoms with Gasteiger partial charge >= 0.3 is 12.1 Å². The molecule has 3 aliphatic rings. The van der Waals surface area contributed by atoms with Crippen molar-refractivity contribution in [3.63, 3.8) is 0 Å². The lowest BCUT2D eigenvalue weighted by molar-refractivity contribution is -0.148. The topological polar surface area (TPSA) is 95.9 Å². The Hall–Kier alpha value is -3.35. The van der Waals surface area contributed by atoms with E-state index in [4.69, 9.17) is 9.84 Å². The molecule has 184 valence electrons. The maximum absolute atomic E-state index is 12.8. The van der Waals surface area contributed by atoms with Crippen LogP contribution >= 0.6 is 0 Å². The summed E-state index contributed by atoms with van der Waals surface area (Å²) < 4.78 is 5.64. The van der Waals surface area contributed by atoms with E-state index in [-0.39, 0.29) is 42.6 Å². The van der Waals surface area contributed by atoms with E-state index in [1.165, 1.54) is 22.3 Å². The number of ether oxygens (including phenoxy) is 1. The molecule has 0 aromatic heterocycles. The second-order valence-corrected chi connectivity index (χ2v) is 10.1. The monoisotopic (exact) mass is 476 g/mol. The highest BCUT2D eigenvalue weighted by Crippen LogP contribution is 2.44. The lowest BCUT2D eigenvalue weighted by Gasteiger charge is -2.42. The summed E-state index contributed by atoms with van der Waals surface area (Å²) in [6.45, 7) is 1.88. The number of rotatable bonds is 7. The second-order valence-electron chi connectivity index (χ2n) is 10.1. The van der Waals surface area contributed by atoms with Gasteiger partial charge in [-0.05, 0) is 47.4 Å². The molecule has 2 unspecified atom stereocenters. The molecule has 5 rings (SSSR count). The Labute approximate surface area is 205 Å². The number of carbonyl (C=O) groups excluding carboxylic acids is 2. The molecule has 0 spiro atoms. The molecule has 1 heterocycles. The minimum Gasteiger partial charge on any atom is -0.481 e. The standard InChI is InChI=1S/C28H32N2O5/c31-26(32)13-19-15-30(16-19)27(33)20-7-5-6-18(12-20)14-29-28(34)35-17-25-23-10-3-1-8-21(23)22-9-2-4-11-24(22)25/h1-4,8-11,18-20,25H,5-7,12-17H2,(H,29,34)(H,31,32). The van der Waals surface area contributed by atoms with Crippen LogP contribution in [0.15, 0.2) is 48.5 Å². The number of alkyl carbamates (subject to hydrolysis) is 1. The predicted molar refractivity (Wildman–Crippen MR) is 131 cm³/mol. The fourth-order valence-corrected chi connectivity index (χ4v) is 5.96. The number of benzene rings is 2. The van der Waals surface area contributed by atoms with Gasteiger partial charge in [-0.1, -0.05) is 55.0 Å². The first-order chi connectivity index (χ1) is 17.0. The highest BCUT2D eigenvalue weighted by Gasteiger charge is 2.37. The number of nitrogens with one attached hydrogen (secondary N) is 1. The third-order valence-corrected chi connectivity index (χ3v) is 7.74. The normalized spacial score (nSPS) is 21.5. The van der Waals surface area contributed by atoms with Gasteiger partial charge in [-0.2, -0.15) is 0 Å². The highest BCUT2D eigenvalue weighted by molar-refractivity contribution is 5.80. The van der Waals surface area contributed by atoms with Crippen molar-refractivity contribution >= 4 is 18.0 Å². The molecule has 1 saturated heterocycles. The molecular weight excluding hydrogens is 444 g/mol. The molecule has 7 nitrogen and oxygen atoms in total. The maximum atomic E-state index is 12.8. The van der Waals surface area contributed by atoms with Crippen LogP contribution in [0.1, 0.15) is 49.1 Å². The average molecular weight is 477 g/mol. The van der Waals surface area contributed by atoms with Crippen molar-refractivity contribution in [3.8, 4) is 11.1 Å². The Morgan fingerprint density at radius 3 is 2.26 bits per heavy atom. The molecule has 1 aliphatic heterocycles. The molecule has 2 atom stereocenters. The molecule has 7 heteroatoms. The first-order valence-corrected chi connectivity index (χ1v) is 12.6. The van der Waals surface area contributed by atoms with Crippen LogP contribution in [0.25, 0.3) is 11.1 Å². The Bertz CT molecular complexity index is 1060. The Morgan fingerprint density at radius 1 is 0.943 bits per heavy atom. The highest BCUT2D eigenvalue weighted by atomic mass is 16.5. The second kappa shape index (κ2) is 10.1. The molecule has 2 fully saturated rings. The lowest BCUT2D eigenvalue weighted by Crippen LogP contribution is -2.53. The van der Waals surface area contributed by atoms with E-state index in [1.807, 2.05) is 24.3 Å². The molecule has 2 aromatic rings. The number of carboxylic acid groups (broad SMARTS) is 1.